The molecule has 0 radical (unpaired) electrons. The van der Waals surface area contributed by atoms with Crippen molar-refractivity contribution in [3.05, 3.63) is 0 Å². The summed E-state index contributed by atoms with van der Waals surface area (Å²) < 4.78 is 22.9. The van der Waals surface area contributed by atoms with Gasteiger partial charge in [0.2, 0.25) is 0 Å². The molecule has 17 heavy (non-hydrogen) atoms. The minimum Gasteiger partial charge on any atom is -0.328 e. The normalized spacial score (nSPS) is 35.2. The molecule has 2 atom stereocenters. The Labute approximate surface area is 104 Å². The first-order chi connectivity index (χ1) is 7.71. The molecule has 2 rings (SSSR count). The summed E-state index contributed by atoms with van der Waals surface area (Å²) >= 11 is 0. The molecule has 0 amide bonds. The van der Waals surface area contributed by atoms with Crippen LogP contribution in [0.4, 0.5) is 0 Å². The van der Waals surface area contributed by atoms with E-state index in [0.29, 0.717) is 24.7 Å². The molecule has 0 aromatic carbocycles. The molecule has 2 saturated heterocycles. The fourth-order valence-corrected chi connectivity index (χ4v) is 3.51. The number of rotatable bonds is 3. The first-order valence-corrected chi connectivity index (χ1v) is 8.31. The van der Waals surface area contributed by atoms with E-state index in [1.165, 1.54) is 19.1 Å². The molecule has 2 bridgehead atoms. The van der Waals surface area contributed by atoms with Crippen LogP contribution in [0.1, 0.15) is 39.5 Å². The van der Waals surface area contributed by atoms with Crippen molar-refractivity contribution in [3.8, 4) is 0 Å². The first kappa shape index (κ1) is 13.3. The highest BCUT2D eigenvalue weighted by Gasteiger charge is 2.43. The maximum Gasteiger partial charge on any atom is 0.153 e. The minimum absolute atomic E-state index is 0.310. The molecule has 100 valence electrons. The lowest BCUT2D eigenvalue weighted by Gasteiger charge is -2.41. The second kappa shape index (κ2) is 4.21. The van der Waals surface area contributed by atoms with E-state index in [1.54, 1.807) is 0 Å². The predicted molar refractivity (Wildman–Crippen MR) is 69.6 cm³/mol. The highest BCUT2D eigenvalue weighted by molar-refractivity contribution is 7.92. The number of fused-ring (bicyclic) bond motifs is 2. The summed E-state index contributed by atoms with van der Waals surface area (Å²) in [6, 6.07) is 1.32. The first-order valence-electron chi connectivity index (χ1n) is 6.41. The zero-order chi connectivity index (χ0) is 12.8. The molecule has 0 aromatic rings. The third kappa shape index (κ3) is 2.51. The van der Waals surface area contributed by atoms with Gasteiger partial charge in [-0.1, -0.05) is 0 Å². The van der Waals surface area contributed by atoms with Gasteiger partial charge in [0.05, 0.1) is 4.75 Å². The van der Waals surface area contributed by atoms with E-state index in [-0.39, 0.29) is 0 Å². The average Bonchev–Trinajstić information content (AvgIpc) is 2.42. The van der Waals surface area contributed by atoms with Crippen molar-refractivity contribution >= 4 is 9.84 Å². The van der Waals surface area contributed by atoms with E-state index in [1.807, 2.05) is 13.8 Å². The van der Waals surface area contributed by atoms with Crippen LogP contribution in [0.15, 0.2) is 0 Å². The van der Waals surface area contributed by atoms with Crippen LogP contribution >= 0.6 is 0 Å². The largest absolute Gasteiger partial charge is 0.328 e. The topological polar surface area (TPSA) is 63.4 Å². The van der Waals surface area contributed by atoms with Crippen molar-refractivity contribution in [2.24, 2.45) is 5.73 Å². The lowest BCUT2D eigenvalue weighted by Crippen LogP contribution is -2.53. The van der Waals surface area contributed by atoms with Gasteiger partial charge in [0.15, 0.2) is 9.84 Å². The number of piperidine rings is 1. The molecule has 0 aromatic heterocycles. The predicted octanol–water partition coefficient (Wildman–Crippen LogP) is 0.764. The van der Waals surface area contributed by atoms with Gasteiger partial charge in [0, 0.05) is 30.9 Å². The van der Waals surface area contributed by atoms with Crippen molar-refractivity contribution < 1.29 is 8.42 Å². The Morgan fingerprint density at radius 3 is 2.12 bits per heavy atom. The van der Waals surface area contributed by atoms with Crippen LogP contribution in [-0.2, 0) is 9.84 Å². The Morgan fingerprint density at radius 1 is 1.24 bits per heavy atom. The van der Waals surface area contributed by atoms with Gasteiger partial charge < -0.3 is 5.73 Å². The average molecular weight is 260 g/mol. The lowest BCUT2D eigenvalue weighted by atomic mass is 9.97. The summed E-state index contributed by atoms with van der Waals surface area (Å²) in [5.41, 5.74) is 6.02. The van der Waals surface area contributed by atoms with E-state index in [4.69, 9.17) is 5.73 Å². The summed E-state index contributed by atoms with van der Waals surface area (Å²) in [7, 11) is -3.01. The summed E-state index contributed by atoms with van der Waals surface area (Å²) in [5, 5.41) is 0. The van der Waals surface area contributed by atoms with Crippen molar-refractivity contribution in [1.82, 2.24) is 4.90 Å². The molecule has 2 fully saturated rings. The van der Waals surface area contributed by atoms with Gasteiger partial charge in [0.1, 0.15) is 0 Å². The minimum atomic E-state index is -3.01. The maximum absolute atomic E-state index is 11.8. The quantitative estimate of drug-likeness (QED) is 0.814. The molecule has 2 heterocycles. The summed E-state index contributed by atoms with van der Waals surface area (Å²) in [4.78, 5) is 2.39. The van der Waals surface area contributed by atoms with Crippen LogP contribution in [0, 0.1) is 0 Å². The number of sulfone groups is 1. The van der Waals surface area contributed by atoms with Gasteiger partial charge in [-0.25, -0.2) is 8.42 Å². The zero-order valence-electron chi connectivity index (χ0n) is 11.0. The molecule has 2 aliphatic rings. The van der Waals surface area contributed by atoms with Gasteiger partial charge in [-0.2, -0.15) is 0 Å². The van der Waals surface area contributed by atoms with Crippen LogP contribution in [0.5, 0.6) is 0 Å². The number of hydrogen-bond donors (Lipinski definition) is 1. The Kier molecular flexibility index (Phi) is 3.30. The number of nitrogens with zero attached hydrogens (tertiary/aromatic N) is 1. The van der Waals surface area contributed by atoms with Crippen molar-refractivity contribution in [1.29, 1.82) is 0 Å². The van der Waals surface area contributed by atoms with Crippen molar-refractivity contribution in [2.75, 3.05) is 12.8 Å². The molecular formula is C12H24N2O2S. The van der Waals surface area contributed by atoms with E-state index in [9.17, 15) is 8.42 Å². The third-order valence-corrected chi connectivity index (χ3v) is 6.62. The van der Waals surface area contributed by atoms with Gasteiger partial charge in [-0.05, 0) is 39.5 Å². The Hall–Kier alpha value is -0.130. The summed E-state index contributed by atoms with van der Waals surface area (Å²) in [6.07, 6.45) is 5.74. The smallest absolute Gasteiger partial charge is 0.153 e. The third-order valence-electron chi connectivity index (χ3n) is 4.49. The van der Waals surface area contributed by atoms with Crippen LogP contribution < -0.4 is 5.73 Å². The highest BCUT2D eigenvalue weighted by atomic mass is 32.2. The monoisotopic (exact) mass is 260 g/mol. The second-order valence-corrected chi connectivity index (χ2v) is 8.97. The fraction of sp³-hybridized carbons (Fsp3) is 1.00. The molecule has 0 saturated carbocycles. The van der Waals surface area contributed by atoms with Crippen molar-refractivity contribution in [3.63, 3.8) is 0 Å². The summed E-state index contributed by atoms with van der Waals surface area (Å²) in [5.74, 6) is 0. The molecule has 2 aliphatic heterocycles. The van der Waals surface area contributed by atoms with Crippen LogP contribution in [0.3, 0.4) is 0 Å². The molecule has 0 aliphatic carbocycles. The standard InChI is InChI=1S/C12H24N2O2S/c1-12(2,17(3,15)16)8-14-10-4-5-11(14)7-9(13)6-10/h9-11H,4-8,13H2,1-3H3. The van der Waals surface area contributed by atoms with E-state index >= 15 is 0 Å². The molecule has 5 heteroatoms. The van der Waals surface area contributed by atoms with E-state index in [0.717, 1.165) is 12.8 Å². The maximum atomic E-state index is 11.8. The highest BCUT2D eigenvalue weighted by Crippen LogP contribution is 2.36. The fourth-order valence-electron chi connectivity index (χ4n) is 3.13. The van der Waals surface area contributed by atoms with Crippen LogP contribution in [0.25, 0.3) is 0 Å². The van der Waals surface area contributed by atoms with E-state index < -0.39 is 14.6 Å². The second-order valence-electron chi connectivity index (χ2n) is 6.32. The Bertz CT molecular complexity index is 377. The van der Waals surface area contributed by atoms with Crippen molar-refractivity contribution in [2.45, 2.75) is 62.4 Å². The number of hydrogen-bond acceptors (Lipinski definition) is 4. The molecule has 0 spiro atoms. The zero-order valence-corrected chi connectivity index (χ0v) is 11.8. The van der Waals surface area contributed by atoms with E-state index in [2.05, 4.69) is 4.90 Å². The molecule has 4 nitrogen and oxygen atoms in total. The number of nitrogens with two attached hydrogens (primary N) is 1. The van der Waals surface area contributed by atoms with Gasteiger partial charge >= 0.3 is 0 Å². The summed E-state index contributed by atoms with van der Waals surface area (Å²) in [6.45, 7) is 4.31. The van der Waals surface area contributed by atoms with Crippen LogP contribution in [0.2, 0.25) is 0 Å². The Morgan fingerprint density at radius 2 is 1.71 bits per heavy atom. The SMILES string of the molecule is CC(C)(CN1C2CCC1CC(N)C2)S(C)(=O)=O. The van der Waals surface area contributed by atoms with Crippen LogP contribution in [-0.4, -0.2) is 49.0 Å². The molecule has 2 unspecified atom stereocenters. The Balaban J connectivity index is 2.11. The van der Waals surface area contributed by atoms with Gasteiger partial charge in [0.25, 0.3) is 0 Å². The van der Waals surface area contributed by atoms with Gasteiger partial charge in [-0.15, -0.1) is 0 Å². The molecule has 2 N–H and O–H groups in total. The van der Waals surface area contributed by atoms with Gasteiger partial charge in [-0.3, -0.25) is 4.90 Å². The molecular weight excluding hydrogens is 236 g/mol. The lowest BCUT2D eigenvalue weighted by molar-refractivity contribution is 0.117.